The van der Waals surface area contributed by atoms with E-state index in [0.717, 1.165) is 51.3 Å². The first-order valence-electron chi connectivity index (χ1n) is 9.74. The first-order valence-corrected chi connectivity index (χ1v) is 9.74. The zero-order valence-electron chi connectivity index (χ0n) is 16.3. The van der Waals surface area contributed by atoms with Crippen molar-refractivity contribution in [1.29, 1.82) is 0 Å². The second-order valence-electron chi connectivity index (χ2n) is 7.42. The van der Waals surface area contributed by atoms with Crippen molar-refractivity contribution in [2.45, 2.75) is 52.9 Å². The minimum Gasteiger partial charge on any atom is -0.493 e. The summed E-state index contributed by atoms with van der Waals surface area (Å²) < 4.78 is 11.2. The van der Waals surface area contributed by atoms with Gasteiger partial charge in [-0.15, -0.1) is 0 Å². The highest BCUT2D eigenvalue weighted by atomic mass is 16.5. The van der Waals surface area contributed by atoms with Crippen molar-refractivity contribution in [1.82, 2.24) is 0 Å². The maximum Gasteiger partial charge on any atom is 0.309 e. The number of hydrogen-bond acceptors (Lipinski definition) is 3. The van der Waals surface area contributed by atoms with E-state index < -0.39 is 0 Å². The van der Waals surface area contributed by atoms with Crippen LogP contribution in [-0.4, -0.2) is 38.8 Å². The van der Waals surface area contributed by atoms with Crippen LogP contribution < -0.4 is 9.64 Å². The molecule has 4 nitrogen and oxygen atoms in total. The van der Waals surface area contributed by atoms with E-state index >= 15 is 0 Å². The lowest BCUT2D eigenvalue weighted by atomic mass is 9.97. The molecule has 0 amide bonds. The molecule has 1 heterocycles. The van der Waals surface area contributed by atoms with Crippen molar-refractivity contribution >= 4 is 5.97 Å². The Labute approximate surface area is 152 Å². The van der Waals surface area contributed by atoms with Crippen LogP contribution in [0.3, 0.4) is 0 Å². The van der Waals surface area contributed by atoms with Crippen molar-refractivity contribution in [3.8, 4) is 5.75 Å². The van der Waals surface area contributed by atoms with Crippen LogP contribution in [0.25, 0.3) is 0 Å². The number of piperidine rings is 1. The quantitative estimate of drug-likeness (QED) is 0.580. The molecule has 0 bridgehead atoms. The number of carbonyl (C=O) groups is 1. The number of aryl methyl sites for hydroxylation is 1. The number of hydrogen-bond donors (Lipinski definition) is 1. The summed E-state index contributed by atoms with van der Waals surface area (Å²) in [7, 11) is 0. The number of nitrogens with one attached hydrogen (secondary N) is 1. The first-order chi connectivity index (χ1) is 12.0. The van der Waals surface area contributed by atoms with E-state index in [1.165, 1.54) is 11.1 Å². The van der Waals surface area contributed by atoms with Crippen LogP contribution in [0.5, 0.6) is 5.75 Å². The summed E-state index contributed by atoms with van der Waals surface area (Å²) in [5.74, 6) is 1.61. The lowest BCUT2D eigenvalue weighted by Gasteiger charge is -2.28. The average molecular weight is 349 g/mol. The van der Waals surface area contributed by atoms with Crippen LogP contribution in [0.15, 0.2) is 18.2 Å². The molecule has 140 valence electrons. The molecule has 1 fully saturated rings. The second kappa shape index (κ2) is 9.81. The Morgan fingerprint density at radius 1 is 1.28 bits per heavy atom. The van der Waals surface area contributed by atoms with Crippen molar-refractivity contribution < 1.29 is 19.2 Å². The van der Waals surface area contributed by atoms with Gasteiger partial charge in [0, 0.05) is 19.3 Å². The van der Waals surface area contributed by atoms with Gasteiger partial charge in [0.15, 0.2) is 0 Å². The molecule has 1 aromatic rings. The fourth-order valence-corrected chi connectivity index (χ4v) is 3.52. The highest BCUT2D eigenvalue weighted by Crippen LogP contribution is 2.27. The predicted octanol–water partition coefficient (Wildman–Crippen LogP) is 2.75. The molecule has 0 aromatic heterocycles. The highest BCUT2D eigenvalue weighted by molar-refractivity contribution is 5.72. The van der Waals surface area contributed by atoms with Crippen LogP contribution in [-0.2, 0) is 9.53 Å². The fraction of sp³-hybridized carbons (Fsp3) is 0.667. The van der Waals surface area contributed by atoms with E-state index in [-0.39, 0.29) is 11.9 Å². The zero-order chi connectivity index (χ0) is 18.2. The van der Waals surface area contributed by atoms with E-state index in [0.29, 0.717) is 12.5 Å². The van der Waals surface area contributed by atoms with Gasteiger partial charge in [-0.1, -0.05) is 26.0 Å². The van der Waals surface area contributed by atoms with Crippen molar-refractivity contribution in [2.75, 3.05) is 32.8 Å². The molecular formula is C21H34NO3+. The minimum absolute atomic E-state index is 0.00875. The number of quaternary nitrogens is 1. The number of esters is 1. The minimum atomic E-state index is -0.00875. The van der Waals surface area contributed by atoms with Crippen molar-refractivity contribution in [2.24, 2.45) is 5.92 Å². The number of ether oxygens (including phenoxy) is 2. The van der Waals surface area contributed by atoms with E-state index in [2.05, 4.69) is 39.0 Å². The standard InChI is InChI=1S/C21H33NO3/c1-5-24-21(23)18-9-12-22(13-10-18)11-6-14-25-20-15-17(4)7-8-19(20)16(2)3/h7-8,15-16,18H,5-6,9-14H2,1-4H3/p+1. The summed E-state index contributed by atoms with van der Waals surface area (Å²) in [6.45, 7) is 12.9. The largest absolute Gasteiger partial charge is 0.493 e. The van der Waals surface area contributed by atoms with Crippen LogP contribution in [0.4, 0.5) is 0 Å². The smallest absolute Gasteiger partial charge is 0.309 e. The van der Waals surface area contributed by atoms with Gasteiger partial charge < -0.3 is 14.4 Å². The molecular weight excluding hydrogens is 314 g/mol. The lowest BCUT2D eigenvalue weighted by Crippen LogP contribution is -3.13. The van der Waals surface area contributed by atoms with Gasteiger partial charge >= 0.3 is 5.97 Å². The van der Waals surface area contributed by atoms with Crippen LogP contribution >= 0.6 is 0 Å². The average Bonchev–Trinajstić information content (AvgIpc) is 2.59. The van der Waals surface area contributed by atoms with Crippen molar-refractivity contribution in [3.63, 3.8) is 0 Å². The fourth-order valence-electron chi connectivity index (χ4n) is 3.52. The van der Waals surface area contributed by atoms with Crippen LogP contribution in [0.1, 0.15) is 57.1 Å². The van der Waals surface area contributed by atoms with Gasteiger partial charge in [-0.2, -0.15) is 0 Å². The zero-order valence-corrected chi connectivity index (χ0v) is 16.3. The summed E-state index contributed by atoms with van der Waals surface area (Å²) in [6, 6.07) is 6.48. The monoisotopic (exact) mass is 348 g/mol. The van der Waals surface area contributed by atoms with E-state index in [1.54, 1.807) is 4.90 Å². The van der Waals surface area contributed by atoms with Gasteiger partial charge in [0.25, 0.3) is 0 Å². The molecule has 0 saturated carbocycles. The molecule has 0 atom stereocenters. The number of likely N-dealkylation sites (tertiary alicyclic amines) is 1. The molecule has 4 heteroatoms. The Kier molecular flexibility index (Phi) is 7.76. The number of rotatable bonds is 8. The van der Waals surface area contributed by atoms with Crippen LogP contribution in [0, 0.1) is 12.8 Å². The van der Waals surface area contributed by atoms with Crippen LogP contribution in [0.2, 0.25) is 0 Å². The summed E-state index contributed by atoms with van der Waals surface area (Å²) in [6.07, 6.45) is 2.94. The molecule has 1 aromatic carbocycles. The van der Waals surface area contributed by atoms with E-state index in [9.17, 15) is 4.79 Å². The highest BCUT2D eigenvalue weighted by Gasteiger charge is 2.28. The molecule has 0 radical (unpaired) electrons. The first kappa shape index (κ1) is 19.8. The van der Waals surface area contributed by atoms with Gasteiger partial charge in [-0.25, -0.2) is 0 Å². The molecule has 1 N–H and O–H groups in total. The maximum absolute atomic E-state index is 11.8. The normalized spacial score (nSPS) is 20.5. The SMILES string of the molecule is CCOC(=O)C1CC[NH+](CCCOc2cc(C)ccc2C(C)C)CC1. The van der Waals surface area contributed by atoms with Gasteiger partial charge in [0.1, 0.15) is 5.75 Å². The Morgan fingerprint density at radius 3 is 2.64 bits per heavy atom. The van der Waals surface area contributed by atoms with E-state index in [1.807, 2.05) is 6.92 Å². The molecule has 2 rings (SSSR count). The summed E-state index contributed by atoms with van der Waals surface area (Å²) in [4.78, 5) is 13.4. The van der Waals surface area contributed by atoms with Gasteiger partial charge in [0.2, 0.25) is 0 Å². The molecule has 0 spiro atoms. The molecule has 0 unspecified atom stereocenters. The third-order valence-electron chi connectivity index (χ3n) is 5.04. The molecule has 1 saturated heterocycles. The summed E-state index contributed by atoms with van der Waals surface area (Å²) >= 11 is 0. The third-order valence-corrected chi connectivity index (χ3v) is 5.04. The molecule has 1 aliphatic heterocycles. The number of benzene rings is 1. The topological polar surface area (TPSA) is 40.0 Å². The third kappa shape index (κ3) is 6.03. The molecule has 0 aliphatic carbocycles. The summed E-state index contributed by atoms with van der Waals surface area (Å²) in [5, 5.41) is 0. The van der Waals surface area contributed by atoms with Crippen molar-refractivity contribution in [3.05, 3.63) is 29.3 Å². The Balaban J connectivity index is 1.71. The maximum atomic E-state index is 11.8. The predicted molar refractivity (Wildman–Crippen MR) is 100 cm³/mol. The van der Waals surface area contributed by atoms with Gasteiger partial charge in [0.05, 0.1) is 38.8 Å². The second-order valence-corrected chi connectivity index (χ2v) is 7.42. The lowest BCUT2D eigenvalue weighted by molar-refractivity contribution is -0.906. The van der Waals surface area contributed by atoms with Gasteiger partial charge in [-0.05, 0) is 37.0 Å². The van der Waals surface area contributed by atoms with Gasteiger partial charge in [-0.3, -0.25) is 4.79 Å². The number of carbonyl (C=O) groups excluding carboxylic acids is 1. The molecule has 25 heavy (non-hydrogen) atoms. The van der Waals surface area contributed by atoms with E-state index in [4.69, 9.17) is 9.47 Å². The Hall–Kier alpha value is -1.55. The Bertz CT molecular complexity index is 548. The summed E-state index contributed by atoms with van der Waals surface area (Å²) in [5.41, 5.74) is 2.53. The Morgan fingerprint density at radius 2 is 2.00 bits per heavy atom. The molecule has 1 aliphatic rings.